The number of alkyl halides is 1. The van der Waals surface area contributed by atoms with Crippen molar-refractivity contribution in [2.75, 3.05) is 11.5 Å². The molecule has 1 fully saturated rings. The highest BCUT2D eigenvalue weighted by atomic mass is 35.5. The first-order valence-electron chi connectivity index (χ1n) is 6.06. The fourth-order valence-electron chi connectivity index (χ4n) is 2.47. The highest BCUT2D eigenvalue weighted by molar-refractivity contribution is 7.99. The van der Waals surface area contributed by atoms with Gasteiger partial charge in [0.25, 0.3) is 0 Å². The Labute approximate surface area is 121 Å². The van der Waals surface area contributed by atoms with Crippen molar-refractivity contribution in [1.29, 1.82) is 0 Å². The Morgan fingerprint density at radius 2 is 2.33 bits per heavy atom. The SMILES string of the molecule is CC(Cl)c1nc2ccc(Cl)cc2n1C1CCSC1. The third-order valence-corrected chi connectivity index (χ3v) is 4.88. The summed E-state index contributed by atoms with van der Waals surface area (Å²) in [4.78, 5) is 4.66. The lowest BCUT2D eigenvalue weighted by molar-refractivity contribution is 0.549. The van der Waals surface area contributed by atoms with Crippen molar-refractivity contribution in [1.82, 2.24) is 9.55 Å². The van der Waals surface area contributed by atoms with Crippen LogP contribution in [0.2, 0.25) is 5.02 Å². The number of nitrogens with zero attached hydrogens (tertiary/aromatic N) is 2. The molecule has 0 saturated carbocycles. The number of imidazole rings is 1. The number of hydrogen-bond donors (Lipinski definition) is 0. The van der Waals surface area contributed by atoms with Gasteiger partial charge in [0.2, 0.25) is 0 Å². The molecule has 0 N–H and O–H groups in total. The number of hydrogen-bond acceptors (Lipinski definition) is 2. The minimum Gasteiger partial charge on any atom is -0.323 e. The van der Waals surface area contributed by atoms with Gasteiger partial charge in [0.15, 0.2) is 0 Å². The second kappa shape index (κ2) is 4.95. The van der Waals surface area contributed by atoms with Gasteiger partial charge in [0, 0.05) is 16.8 Å². The van der Waals surface area contributed by atoms with E-state index in [1.807, 2.05) is 36.9 Å². The maximum Gasteiger partial charge on any atom is 0.128 e. The Balaban J connectivity index is 2.22. The van der Waals surface area contributed by atoms with Crippen molar-refractivity contribution >= 4 is 46.0 Å². The third kappa shape index (κ3) is 2.13. The number of thioether (sulfide) groups is 1. The molecule has 0 amide bonds. The number of rotatable bonds is 2. The Morgan fingerprint density at radius 3 is 3.00 bits per heavy atom. The summed E-state index contributed by atoms with van der Waals surface area (Å²) in [6.07, 6.45) is 1.18. The summed E-state index contributed by atoms with van der Waals surface area (Å²) >= 11 is 14.4. The minimum atomic E-state index is -0.0817. The summed E-state index contributed by atoms with van der Waals surface area (Å²) in [6.45, 7) is 1.98. The predicted molar refractivity (Wildman–Crippen MR) is 80.0 cm³/mol. The van der Waals surface area contributed by atoms with Crippen molar-refractivity contribution in [3.05, 3.63) is 29.0 Å². The van der Waals surface area contributed by atoms with Crippen LogP contribution in [0.4, 0.5) is 0 Å². The van der Waals surface area contributed by atoms with Crippen LogP contribution in [0.15, 0.2) is 18.2 Å². The molecule has 2 unspecified atom stereocenters. The molecule has 5 heteroatoms. The van der Waals surface area contributed by atoms with Crippen LogP contribution < -0.4 is 0 Å². The quantitative estimate of drug-likeness (QED) is 0.750. The molecule has 2 nitrogen and oxygen atoms in total. The van der Waals surface area contributed by atoms with E-state index < -0.39 is 0 Å². The van der Waals surface area contributed by atoms with Crippen molar-refractivity contribution in [3.63, 3.8) is 0 Å². The van der Waals surface area contributed by atoms with E-state index in [2.05, 4.69) is 9.55 Å². The first-order chi connectivity index (χ1) is 8.66. The van der Waals surface area contributed by atoms with Crippen molar-refractivity contribution in [3.8, 4) is 0 Å². The van der Waals surface area contributed by atoms with Gasteiger partial charge >= 0.3 is 0 Å². The van der Waals surface area contributed by atoms with Crippen LogP contribution in [-0.2, 0) is 0 Å². The lowest BCUT2D eigenvalue weighted by Gasteiger charge is -2.16. The van der Waals surface area contributed by atoms with Gasteiger partial charge < -0.3 is 4.57 Å². The number of aromatic nitrogens is 2. The van der Waals surface area contributed by atoms with E-state index >= 15 is 0 Å². The van der Waals surface area contributed by atoms with Gasteiger partial charge in [-0.3, -0.25) is 0 Å². The van der Waals surface area contributed by atoms with Gasteiger partial charge in [-0.05, 0) is 37.3 Å². The molecule has 2 atom stereocenters. The fourth-order valence-corrected chi connectivity index (χ4v) is 3.99. The Bertz CT molecular complexity index is 574. The van der Waals surface area contributed by atoms with E-state index in [4.69, 9.17) is 23.2 Å². The summed E-state index contributed by atoms with van der Waals surface area (Å²) in [7, 11) is 0. The van der Waals surface area contributed by atoms with Gasteiger partial charge in [0.05, 0.1) is 16.4 Å². The van der Waals surface area contributed by atoms with Gasteiger partial charge in [0.1, 0.15) is 5.82 Å². The standard InChI is InChI=1S/C13H14Cl2N2S/c1-8(14)13-16-11-3-2-9(15)6-12(11)17(13)10-4-5-18-7-10/h2-3,6,8,10H,4-5,7H2,1H3. The number of benzene rings is 1. The zero-order valence-electron chi connectivity index (χ0n) is 10.1. The first kappa shape index (κ1) is 12.6. The molecule has 1 aromatic carbocycles. The van der Waals surface area contributed by atoms with Gasteiger partial charge in [-0.1, -0.05) is 11.6 Å². The van der Waals surface area contributed by atoms with Crippen LogP contribution in [0.1, 0.15) is 30.6 Å². The summed E-state index contributed by atoms with van der Waals surface area (Å²) in [5.74, 6) is 3.30. The highest BCUT2D eigenvalue weighted by Crippen LogP contribution is 2.35. The molecule has 0 radical (unpaired) electrons. The molecular weight excluding hydrogens is 287 g/mol. The van der Waals surface area contributed by atoms with Crippen LogP contribution in [-0.4, -0.2) is 21.1 Å². The molecule has 3 rings (SSSR count). The zero-order valence-corrected chi connectivity index (χ0v) is 12.4. The lowest BCUT2D eigenvalue weighted by Crippen LogP contribution is -2.12. The van der Waals surface area contributed by atoms with E-state index in [0.29, 0.717) is 6.04 Å². The van der Waals surface area contributed by atoms with Gasteiger partial charge in [-0.25, -0.2) is 4.98 Å². The molecule has 2 heterocycles. The van der Waals surface area contributed by atoms with E-state index in [9.17, 15) is 0 Å². The molecule has 0 bridgehead atoms. The molecule has 96 valence electrons. The van der Waals surface area contributed by atoms with Crippen LogP contribution in [0.5, 0.6) is 0 Å². The highest BCUT2D eigenvalue weighted by Gasteiger charge is 2.24. The molecule has 1 saturated heterocycles. The largest absolute Gasteiger partial charge is 0.323 e. The maximum atomic E-state index is 6.27. The van der Waals surface area contributed by atoms with Crippen LogP contribution in [0.25, 0.3) is 11.0 Å². The van der Waals surface area contributed by atoms with Crippen molar-refractivity contribution < 1.29 is 0 Å². The molecule has 0 aliphatic carbocycles. The molecule has 18 heavy (non-hydrogen) atoms. The van der Waals surface area contributed by atoms with Crippen LogP contribution in [0.3, 0.4) is 0 Å². The van der Waals surface area contributed by atoms with E-state index in [1.165, 1.54) is 12.2 Å². The Kier molecular flexibility index (Phi) is 3.48. The second-order valence-corrected chi connectivity index (χ2v) is 6.85. The number of halogens is 2. The molecule has 0 spiro atoms. The summed E-state index contributed by atoms with van der Waals surface area (Å²) in [5.41, 5.74) is 2.09. The van der Waals surface area contributed by atoms with E-state index in [-0.39, 0.29) is 5.38 Å². The molecule has 1 aliphatic heterocycles. The molecule has 1 aromatic heterocycles. The smallest absolute Gasteiger partial charge is 0.128 e. The summed E-state index contributed by atoms with van der Waals surface area (Å²) in [5, 5.41) is 0.671. The van der Waals surface area contributed by atoms with Gasteiger partial charge in [-0.2, -0.15) is 11.8 Å². The lowest BCUT2D eigenvalue weighted by atomic mass is 10.2. The summed E-state index contributed by atoms with van der Waals surface area (Å²) < 4.78 is 2.29. The summed E-state index contributed by atoms with van der Waals surface area (Å²) in [6, 6.07) is 6.34. The predicted octanol–water partition coefficient (Wildman–Crippen LogP) is 4.67. The molecule has 2 aromatic rings. The van der Waals surface area contributed by atoms with Crippen LogP contribution >= 0.6 is 35.0 Å². The number of fused-ring (bicyclic) bond motifs is 1. The third-order valence-electron chi connectivity index (χ3n) is 3.31. The molecular formula is C13H14Cl2N2S. The average molecular weight is 301 g/mol. The van der Waals surface area contributed by atoms with Crippen molar-refractivity contribution in [2.24, 2.45) is 0 Å². The average Bonchev–Trinajstić information content (AvgIpc) is 2.93. The maximum absolute atomic E-state index is 6.27. The zero-order chi connectivity index (χ0) is 12.7. The van der Waals surface area contributed by atoms with Crippen molar-refractivity contribution in [2.45, 2.75) is 24.8 Å². The Morgan fingerprint density at radius 1 is 1.50 bits per heavy atom. The van der Waals surface area contributed by atoms with E-state index in [1.54, 1.807) is 0 Å². The fraction of sp³-hybridized carbons (Fsp3) is 0.462. The second-order valence-electron chi connectivity index (χ2n) is 4.61. The topological polar surface area (TPSA) is 17.8 Å². The first-order valence-corrected chi connectivity index (χ1v) is 8.03. The Hall–Kier alpha value is -0.380. The van der Waals surface area contributed by atoms with Gasteiger partial charge in [-0.15, -0.1) is 11.6 Å². The van der Waals surface area contributed by atoms with Crippen LogP contribution in [0, 0.1) is 0 Å². The molecule has 1 aliphatic rings. The van der Waals surface area contributed by atoms with E-state index in [0.717, 1.165) is 27.6 Å². The normalized spacial score (nSPS) is 21.6. The minimum absolute atomic E-state index is 0.0817. The monoisotopic (exact) mass is 300 g/mol.